The molecule has 1 rings (SSSR count). The number of carboxylic acids is 1. The normalized spacial score (nSPS) is 12.1. The highest BCUT2D eigenvalue weighted by atomic mass is 16.5. The summed E-state index contributed by atoms with van der Waals surface area (Å²) in [5, 5.41) is 11.8. The second kappa shape index (κ2) is 6.12. The van der Waals surface area contributed by atoms with Gasteiger partial charge in [-0.3, -0.25) is 4.79 Å². The molecule has 0 fully saturated rings. The van der Waals surface area contributed by atoms with Gasteiger partial charge in [0.15, 0.2) is 0 Å². The zero-order valence-electron chi connectivity index (χ0n) is 9.56. The lowest BCUT2D eigenvalue weighted by Crippen LogP contribution is -2.19. The molecule has 4 heteroatoms. The van der Waals surface area contributed by atoms with Crippen LogP contribution in [-0.2, 0) is 16.1 Å². The molecule has 0 unspecified atom stereocenters. The second-order valence-electron chi connectivity index (χ2n) is 3.78. The Kier molecular flexibility index (Phi) is 4.79. The minimum atomic E-state index is -0.798. The van der Waals surface area contributed by atoms with E-state index in [0.717, 1.165) is 11.3 Å². The lowest BCUT2D eigenvalue weighted by Gasteiger charge is -2.13. The predicted molar refractivity (Wildman–Crippen MR) is 62.5 cm³/mol. The minimum absolute atomic E-state index is 0.0877. The van der Waals surface area contributed by atoms with Crippen molar-refractivity contribution in [1.29, 1.82) is 0 Å². The minimum Gasteiger partial charge on any atom is -0.481 e. The summed E-state index contributed by atoms with van der Waals surface area (Å²) in [5.41, 5.74) is 1.98. The molecule has 0 aliphatic heterocycles. The van der Waals surface area contributed by atoms with Crippen LogP contribution in [0.1, 0.15) is 18.9 Å². The fraction of sp³-hybridized carbons (Fsp3) is 0.417. The first-order chi connectivity index (χ1) is 7.61. The molecule has 0 amide bonds. The van der Waals surface area contributed by atoms with Crippen molar-refractivity contribution in [3.05, 3.63) is 29.8 Å². The molecule has 2 N–H and O–H groups in total. The SMILES string of the molecule is COCc1cccc(N[C@H](C)CC(=O)O)c1. The average Bonchev–Trinajstić information content (AvgIpc) is 2.17. The van der Waals surface area contributed by atoms with E-state index in [0.29, 0.717) is 6.61 Å². The van der Waals surface area contributed by atoms with Crippen molar-refractivity contribution >= 4 is 11.7 Å². The standard InChI is InChI=1S/C12H17NO3/c1-9(6-12(14)15)13-11-5-3-4-10(7-11)8-16-2/h3-5,7,9,13H,6,8H2,1-2H3,(H,14,15)/t9-/m1/s1. The van der Waals surface area contributed by atoms with Crippen LogP contribution in [0.2, 0.25) is 0 Å². The number of hydrogen-bond donors (Lipinski definition) is 2. The Morgan fingerprint density at radius 2 is 2.31 bits per heavy atom. The Balaban J connectivity index is 2.59. The third kappa shape index (κ3) is 4.31. The first-order valence-electron chi connectivity index (χ1n) is 5.18. The van der Waals surface area contributed by atoms with Crippen molar-refractivity contribution in [2.24, 2.45) is 0 Å². The van der Waals surface area contributed by atoms with Crippen molar-refractivity contribution < 1.29 is 14.6 Å². The van der Waals surface area contributed by atoms with E-state index >= 15 is 0 Å². The van der Waals surface area contributed by atoms with Gasteiger partial charge in [0.2, 0.25) is 0 Å². The molecule has 16 heavy (non-hydrogen) atoms. The van der Waals surface area contributed by atoms with Gasteiger partial charge in [-0.2, -0.15) is 0 Å². The largest absolute Gasteiger partial charge is 0.481 e. The van der Waals surface area contributed by atoms with Gasteiger partial charge in [-0.25, -0.2) is 0 Å². The maximum Gasteiger partial charge on any atom is 0.305 e. The fourth-order valence-corrected chi connectivity index (χ4v) is 1.52. The van der Waals surface area contributed by atoms with Crippen LogP contribution in [-0.4, -0.2) is 24.2 Å². The van der Waals surface area contributed by atoms with Crippen molar-refractivity contribution in [3.8, 4) is 0 Å². The van der Waals surface area contributed by atoms with Gasteiger partial charge in [-0.1, -0.05) is 12.1 Å². The third-order valence-electron chi connectivity index (χ3n) is 2.13. The number of benzene rings is 1. The van der Waals surface area contributed by atoms with Crippen LogP contribution < -0.4 is 5.32 Å². The van der Waals surface area contributed by atoms with Crippen LogP contribution in [0.3, 0.4) is 0 Å². The second-order valence-corrected chi connectivity index (χ2v) is 3.78. The summed E-state index contributed by atoms with van der Waals surface area (Å²) in [4.78, 5) is 10.5. The summed E-state index contributed by atoms with van der Waals surface area (Å²) in [5.74, 6) is -0.798. The number of nitrogens with one attached hydrogen (secondary N) is 1. The Morgan fingerprint density at radius 1 is 1.56 bits per heavy atom. The lowest BCUT2D eigenvalue weighted by molar-refractivity contribution is -0.137. The van der Waals surface area contributed by atoms with Crippen LogP contribution in [0.25, 0.3) is 0 Å². The number of ether oxygens (including phenoxy) is 1. The van der Waals surface area contributed by atoms with Crippen molar-refractivity contribution in [3.63, 3.8) is 0 Å². The zero-order valence-corrected chi connectivity index (χ0v) is 9.56. The summed E-state index contributed by atoms with van der Waals surface area (Å²) >= 11 is 0. The molecule has 4 nitrogen and oxygen atoms in total. The Bertz CT molecular complexity index is 352. The average molecular weight is 223 g/mol. The van der Waals surface area contributed by atoms with E-state index in [9.17, 15) is 4.79 Å². The van der Waals surface area contributed by atoms with Crippen molar-refractivity contribution in [2.45, 2.75) is 26.0 Å². The number of aliphatic carboxylic acids is 1. The molecule has 88 valence electrons. The van der Waals surface area contributed by atoms with Crippen molar-refractivity contribution in [2.75, 3.05) is 12.4 Å². The number of rotatable bonds is 6. The third-order valence-corrected chi connectivity index (χ3v) is 2.13. The molecule has 0 aliphatic rings. The van der Waals surface area contributed by atoms with E-state index in [1.54, 1.807) is 7.11 Å². The molecular formula is C12H17NO3. The number of methoxy groups -OCH3 is 1. The molecule has 1 aromatic rings. The molecule has 1 aromatic carbocycles. The van der Waals surface area contributed by atoms with Gasteiger partial charge in [0.05, 0.1) is 13.0 Å². The van der Waals surface area contributed by atoms with Crippen LogP contribution in [0, 0.1) is 0 Å². The number of carbonyl (C=O) groups is 1. The predicted octanol–water partition coefficient (Wildman–Crippen LogP) is 2.11. The van der Waals surface area contributed by atoms with Crippen LogP contribution in [0.4, 0.5) is 5.69 Å². The van der Waals surface area contributed by atoms with E-state index in [4.69, 9.17) is 9.84 Å². The molecular weight excluding hydrogens is 206 g/mol. The van der Waals surface area contributed by atoms with E-state index in [1.807, 2.05) is 31.2 Å². The van der Waals surface area contributed by atoms with Gasteiger partial charge in [0.25, 0.3) is 0 Å². The number of carboxylic acid groups (broad SMARTS) is 1. The fourth-order valence-electron chi connectivity index (χ4n) is 1.52. The van der Waals surface area contributed by atoms with E-state index in [-0.39, 0.29) is 12.5 Å². The van der Waals surface area contributed by atoms with Gasteiger partial charge >= 0.3 is 5.97 Å². The molecule has 0 aromatic heterocycles. The van der Waals surface area contributed by atoms with E-state index in [1.165, 1.54) is 0 Å². The number of anilines is 1. The summed E-state index contributed by atoms with van der Waals surface area (Å²) in [6, 6.07) is 7.68. The first kappa shape index (κ1) is 12.5. The van der Waals surface area contributed by atoms with Crippen LogP contribution >= 0.6 is 0 Å². The van der Waals surface area contributed by atoms with E-state index in [2.05, 4.69) is 5.32 Å². The molecule has 0 radical (unpaired) electrons. The molecule has 1 atom stereocenters. The highest BCUT2D eigenvalue weighted by molar-refractivity contribution is 5.68. The topological polar surface area (TPSA) is 58.6 Å². The Labute approximate surface area is 95.2 Å². The molecule has 0 saturated heterocycles. The zero-order chi connectivity index (χ0) is 12.0. The summed E-state index contributed by atoms with van der Waals surface area (Å²) in [6.07, 6.45) is 0.106. The van der Waals surface area contributed by atoms with Crippen LogP contribution in [0.15, 0.2) is 24.3 Å². The van der Waals surface area contributed by atoms with Crippen molar-refractivity contribution in [1.82, 2.24) is 0 Å². The van der Waals surface area contributed by atoms with Gasteiger partial charge < -0.3 is 15.2 Å². The van der Waals surface area contributed by atoms with Gasteiger partial charge in [-0.15, -0.1) is 0 Å². The molecule has 0 bridgehead atoms. The molecule has 0 saturated carbocycles. The maximum absolute atomic E-state index is 10.5. The van der Waals surface area contributed by atoms with Gasteiger partial charge in [0, 0.05) is 18.8 Å². The molecule has 0 spiro atoms. The smallest absolute Gasteiger partial charge is 0.305 e. The Hall–Kier alpha value is -1.55. The quantitative estimate of drug-likeness (QED) is 0.775. The van der Waals surface area contributed by atoms with Crippen LogP contribution in [0.5, 0.6) is 0 Å². The molecule has 0 aliphatic carbocycles. The highest BCUT2D eigenvalue weighted by Gasteiger charge is 2.07. The number of hydrogen-bond acceptors (Lipinski definition) is 3. The Morgan fingerprint density at radius 3 is 2.94 bits per heavy atom. The van der Waals surface area contributed by atoms with E-state index < -0.39 is 5.97 Å². The monoisotopic (exact) mass is 223 g/mol. The highest BCUT2D eigenvalue weighted by Crippen LogP contribution is 2.13. The summed E-state index contributed by atoms with van der Waals surface area (Å²) in [6.45, 7) is 2.40. The van der Waals surface area contributed by atoms with Gasteiger partial charge in [0.1, 0.15) is 0 Å². The first-order valence-corrected chi connectivity index (χ1v) is 5.18. The van der Waals surface area contributed by atoms with Gasteiger partial charge in [-0.05, 0) is 24.6 Å². The summed E-state index contributed by atoms with van der Waals surface area (Å²) in [7, 11) is 1.65. The maximum atomic E-state index is 10.5. The summed E-state index contributed by atoms with van der Waals surface area (Å²) < 4.78 is 5.03. The lowest BCUT2D eigenvalue weighted by atomic mass is 10.2. The molecule has 0 heterocycles.